The third-order valence-corrected chi connectivity index (χ3v) is 3.67. The van der Waals surface area contributed by atoms with Crippen LogP contribution < -0.4 is 10.4 Å². The van der Waals surface area contributed by atoms with Crippen molar-refractivity contribution in [2.75, 3.05) is 18.6 Å². The Bertz CT molecular complexity index is 718. The molecule has 1 amide bonds. The van der Waals surface area contributed by atoms with Crippen LogP contribution in [0.2, 0.25) is 5.15 Å². The van der Waals surface area contributed by atoms with Crippen molar-refractivity contribution in [3.8, 4) is 0 Å². The number of hydrazine groups is 1. The van der Waals surface area contributed by atoms with Crippen LogP contribution >= 0.6 is 11.6 Å². The maximum atomic E-state index is 13.1. The molecule has 6 nitrogen and oxygen atoms in total. The molecule has 23 heavy (non-hydrogen) atoms. The number of nitrogens with one attached hydrogen (secondary N) is 1. The average molecular weight is 346 g/mol. The molecule has 3 heterocycles. The first kappa shape index (κ1) is 15.8. The van der Waals surface area contributed by atoms with E-state index in [9.17, 15) is 18.0 Å². The van der Waals surface area contributed by atoms with Gasteiger partial charge in [0.05, 0.1) is 5.69 Å². The first-order valence-electron chi connectivity index (χ1n) is 6.55. The SMILES string of the molecule is CN1CC2=CC(C(F)(F)F)=NN(c3cccnc3Cl)C2C(=O)N1. The molecule has 122 valence electrons. The Morgan fingerprint density at radius 2 is 2.17 bits per heavy atom. The zero-order valence-corrected chi connectivity index (χ0v) is 12.6. The number of hydrazone groups is 1. The van der Waals surface area contributed by atoms with Gasteiger partial charge < -0.3 is 0 Å². The maximum absolute atomic E-state index is 13.1. The Labute approximate surface area is 134 Å². The molecule has 0 saturated carbocycles. The van der Waals surface area contributed by atoms with Gasteiger partial charge >= 0.3 is 6.18 Å². The zero-order chi connectivity index (χ0) is 16.8. The first-order chi connectivity index (χ1) is 10.8. The van der Waals surface area contributed by atoms with Crippen LogP contribution in [0.3, 0.4) is 0 Å². The third kappa shape index (κ3) is 2.89. The lowest BCUT2D eigenvalue weighted by Crippen LogP contribution is -2.59. The van der Waals surface area contributed by atoms with E-state index in [-0.39, 0.29) is 23.0 Å². The highest BCUT2D eigenvalue weighted by Gasteiger charge is 2.44. The van der Waals surface area contributed by atoms with E-state index in [1.807, 2.05) is 0 Å². The van der Waals surface area contributed by atoms with Gasteiger partial charge in [0.15, 0.2) is 16.9 Å². The van der Waals surface area contributed by atoms with E-state index in [0.29, 0.717) is 0 Å². The summed E-state index contributed by atoms with van der Waals surface area (Å²) in [7, 11) is 1.56. The van der Waals surface area contributed by atoms with Gasteiger partial charge in [-0.15, -0.1) is 0 Å². The third-order valence-electron chi connectivity index (χ3n) is 3.38. The van der Waals surface area contributed by atoms with E-state index in [1.54, 1.807) is 7.05 Å². The summed E-state index contributed by atoms with van der Waals surface area (Å²) in [6, 6.07) is 1.97. The number of halogens is 4. The van der Waals surface area contributed by atoms with Gasteiger partial charge in [-0.2, -0.15) is 18.3 Å². The number of carbonyl (C=O) groups is 1. The number of allylic oxidation sites excluding steroid dienone is 1. The summed E-state index contributed by atoms with van der Waals surface area (Å²) in [5.41, 5.74) is 1.87. The fourth-order valence-corrected chi connectivity index (χ4v) is 2.67. The minimum atomic E-state index is -4.64. The Morgan fingerprint density at radius 3 is 2.83 bits per heavy atom. The molecule has 1 aromatic heterocycles. The van der Waals surface area contributed by atoms with Crippen molar-refractivity contribution < 1.29 is 18.0 Å². The molecule has 2 aliphatic rings. The summed E-state index contributed by atoms with van der Waals surface area (Å²) in [4.78, 5) is 16.1. The van der Waals surface area contributed by atoms with Crippen LogP contribution in [0.4, 0.5) is 18.9 Å². The topological polar surface area (TPSA) is 60.8 Å². The van der Waals surface area contributed by atoms with Gasteiger partial charge in [0.25, 0.3) is 5.91 Å². The maximum Gasteiger partial charge on any atom is 0.435 e. The highest BCUT2D eigenvalue weighted by molar-refractivity contribution is 6.32. The number of nitrogens with zero attached hydrogens (tertiary/aromatic N) is 4. The van der Waals surface area contributed by atoms with Crippen molar-refractivity contribution in [3.05, 3.63) is 35.1 Å². The molecule has 10 heteroatoms. The molecule has 3 rings (SSSR count). The van der Waals surface area contributed by atoms with Gasteiger partial charge in [0, 0.05) is 19.8 Å². The summed E-state index contributed by atoms with van der Waals surface area (Å²) in [5, 5.41) is 5.93. The number of hydrogen-bond acceptors (Lipinski definition) is 5. The van der Waals surface area contributed by atoms with Crippen molar-refractivity contribution >= 4 is 28.9 Å². The molecule has 0 aromatic carbocycles. The van der Waals surface area contributed by atoms with Crippen molar-refractivity contribution in [2.24, 2.45) is 5.10 Å². The van der Waals surface area contributed by atoms with Gasteiger partial charge in [-0.05, 0) is 23.8 Å². The van der Waals surface area contributed by atoms with Gasteiger partial charge in [-0.25, -0.2) is 15.0 Å². The highest BCUT2D eigenvalue weighted by atomic mass is 35.5. The zero-order valence-electron chi connectivity index (χ0n) is 11.8. The standard InChI is InChI=1S/C13H11ClF3N5O/c1-21-6-7-5-9(13(15,16)17)19-22(10(7)12(23)20-21)8-3-2-4-18-11(8)14/h2-5,10H,6H2,1H3,(H,20,23). The number of fused-ring (bicyclic) bond motifs is 1. The molecule has 0 spiro atoms. The number of carbonyl (C=O) groups excluding carboxylic acids is 1. The van der Waals surface area contributed by atoms with E-state index in [2.05, 4.69) is 15.5 Å². The summed E-state index contributed by atoms with van der Waals surface area (Å²) in [6.45, 7) is 0.139. The molecular weight excluding hydrogens is 335 g/mol. The van der Waals surface area contributed by atoms with Crippen LogP contribution in [0.25, 0.3) is 0 Å². The smallest absolute Gasteiger partial charge is 0.287 e. The second-order valence-electron chi connectivity index (χ2n) is 5.09. The summed E-state index contributed by atoms with van der Waals surface area (Å²) in [6.07, 6.45) is -2.34. The molecule has 2 aliphatic heterocycles. The Kier molecular flexibility index (Phi) is 3.77. The molecular formula is C13H11ClF3N5O. The van der Waals surface area contributed by atoms with Crippen molar-refractivity contribution in [1.82, 2.24) is 15.4 Å². The summed E-state index contributed by atoms with van der Waals surface area (Å²) in [5.74, 6) is -0.491. The minimum absolute atomic E-state index is 0.0363. The predicted molar refractivity (Wildman–Crippen MR) is 77.9 cm³/mol. The van der Waals surface area contributed by atoms with Crippen LogP contribution in [0.5, 0.6) is 0 Å². The molecule has 1 fully saturated rings. The molecule has 1 aromatic rings. The van der Waals surface area contributed by atoms with E-state index in [4.69, 9.17) is 11.6 Å². The van der Waals surface area contributed by atoms with Gasteiger partial charge in [-0.1, -0.05) is 11.6 Å². The van der Waals surface area contributed by atoms with E-state index in [0.717, 1.165) is 11.1 Å². The lowest BCUT2D eigenvalue weighted by atomic mass is 9.99. The average Bonchev–Trinajstić information content (AvgIpc) is 2.45. The van der Waals surface area contributed by atoms with E-state index in [1.165, 1.54) is 23.3 Å². The van der Waals surface area contributed by atoms with Crippen molar-refractivity contribution in [3.63, 3.8) is 0 Å². The second kappa shape index (κ2) is 5.50. The van der Waals surface area contributed by atoms with E-state index < -0.39 is 23.8 Å². The molecule has 1 atom stereocenters. The Balaban J connectivity index is 2.13. The lowest BCUT2D eigenvalue weighted by Gasteiger charge is -2.39. The van der Waals surface area contributed by atoms with Gasteiger partial charge in [-0.3, -0.25) is 10.2 Å². The number of rotatable bonds is 1. The number of aromatic nitrogens is 1. The first-order valence-corrected chi connectivity index (χ1v) is 6.93. The van der Waals surface area contributed by atoms with Crippen molar-refractivity contribution in [1.29, 1.82) is 0 Å². The monoisotopic (exact) mass is 345 g/mol. The normalized spacial score (nSPS) is 22.2. The van der Waals surface area contributed by atoms with Crippen LogP contribution in [-0.4, -0.2) is 47.4 Å². The van der Waals surface area contributed by atoms with Crippen LogP contribution in [0.1, 0.15) is 0 Å². The van der Waals surface area contributed by atoms with Crippen LogP contribution in [0, 0.1) is 0 Å². The van der Waals surface area contributed by atoms with Gasteiger partial charge in [0.2, 0.25) is 0 Å². The molecule has 1 unspecified atom stereocenters. The summed E-state index contributed by atoms with van der Waals surface area (Å²) < 4.78 is 39.4. The van der Waals surface area contributed by atoms with Crippen LogP contribution in [-0.2, 0) is 4.79 Å². The van der Waals surface area contributed by atoms with E-state index >= 15 is 0 Å². The largest absolute Gasteiger partial charge is 0.435 e. The minimum Gasteiger partial charge on any atom is -0.287 e. The molecule has 0 bridgehead atoms. The number of likely N-dealkylation sites (N-methyl/N-ethyl adjacent to an activating group) is 1. The fourth-order valence-electron chi connectivity index (χ4n) is 2.47. The van der Waals surface area contributed by atoms with Crippen molar-refractivity contribution in [2.45, 2.75) is 12.2 Å². The predicted octanol–water partition coefficient (Wildman–Crippen LogP) is 1.74. The quantitative estimate of drug-likeness (QED) is 0.788. The Hall–Kier alpha value is -2.13. The summed E-state index contributed by atoms with van der Waals surface area (Å²) >= 11 is 5.96. The Morgan fingerprint density at radius 1 is 1.43 bits per heavy atom. The molecule has 1 N–H and O–H groups in total. The molecule has 0 aliphatic carbocycles. The number of anilines is 1. The number of hydrogen-bond donors (Lipinski definition) is 1. The second-order valence-corrected chi connectivity index (χ2v) is 5.45. The van der Waals surface area contributed by atoms with Gasteiger partial charge in [0.1, 0.15) is 0 Å². The number of amides is 1. The molecule has 1 saturated heterocycles. The lowest BCUT2D eigenvalue weighted by molar-refractivity contribution is -0.127. The molecule has 0 radical (unpaired) electrons. The van der Waals surface area contributed by atoms with Crippen LogP contribution in [0.15, 0.2) is 35.1 Å². The number of pyridine rings is 1. The number of alkyl halides is 3. The highest BCUT2D eigenvalue weighted by Crippen LogP contribution is 2.33. The fraction of sp³-hybridized carbons (Fsp3) is 0.308.